The average Bonchev–Trinajstić information content (AvgIpc) is 2.20. The number of rotatable bonds is 5. The highest BCUT2D eigenvalue weighted by Gasteiger charge is 2.05. The van der Waals surface area contributed by atoms with Gasteiger partial charge in [-0.05, 0) is 17.2 Å². The Hall–Kier alpha value is -0.520. The van der Waals surface area contributed by atoms with Crippen LogP contribution in [0.3, 0.4) is 0 Å². The molecule has 15 heavy (non-hydrogen) atoms. The second-order valence-electron chi connectivity index (χ2n) is 2.99. The van der Waals surface area contributed by atoms with Crippen LogP contribution in [-0.4, -0.2) is 18.1 Å². The van der Waals surface area contributed by atoms with Crippen molar-refractivity contribution in [3.63, 3.8) is 0 Å². The van der Waals surface area contributed by atoms with E-state index in [1.807, 2.05) is 0 Å². The van der Waals surface area contributed by atoms with Gasteiger partial charge in [0.05, 0.1) is 13.2 Å². The lowest BCUT2D eigenvalue weighted by atomic mass is 10.1. The quantitative estimate of drug-likeness (QED) is 0.899. The number of alkyl halides is 2. The summed E-state index contributed by atoms with van der Waals surface area (Å²) in [5.41, 5.74) is 1.48. The van der Waals surface area contributed by atoms with Crippen LogP contribution < -0.4 is 0 Å². The number of benzene rings is 1. The Morgan fingerprint density at radius 1 is 1.40 bits per heavy atom. The molecule has 0 atom stereocenters. The summed E-state index contributed by atoms with van der Waals surface area (Å²) in [7, 11) is 0. The Labute approximate surface area is 95.0 Å². The van der Waals surface area contributed by atoms with Gasteiger partial charge in [-0.25, -0.2) is 8.78 Å². The van der Waals surface area contributed by atoms with E-state index in [1.54, 1.807) is 18.2 Å². The topological polar surface area (TPSA) is 29.5 Å². The van der Waals surface area contributed by atoms with Gasteiger partial charge in [0, 0.05) is 4.47 Å². The van der Waals surface area contributed by atoms with E-state index < -0.39 is 13.0 Å². The second-order valence-corrected chi connectivity index (χ2v) is 3.84. The maximum Gasteiger partial charge on any atom is 0.261 e. The lowest BCUT2D eigenvalue weighted by Gasteiger charge is -2.07. The molecule has 0 unspecified atom stereocenters. The lowest BCUT2D eigenvalue weighted by molar-refractivity contribution is 0.00967. The SMILES string of the molecule is OCc1ccc(Br)c(COCC(F)F)c1. The summed E-state index contributed by atoms with van der Waals surface area (Å²) in [6, 6.07) is 5.23. The van der Waals surface area contributed by atoms with Gasteiger partial charge in [0.1, 0.15) is 6.61 Å². The molecule has 0 aliphatic rings. The highest BCUT2D eigenvalue weighted by molar-refractivity contribution is 9.10. The van der Waals surface area contributed by atoms with Crippen molar-refractivity contribution in [2.75, 3.05) is 6.61 Å². The van der Waals surface area contributed by atoms with E-state index in [9.17, 15) is 8.78 Å². The van der Waals surface area contributed by atoms with Gasteiger partial charge in [0.2, 0.25) is 0 Å². The van der Waals surface area contributed by atoms with E-state index >= 15 is 0 Å². The molecule has 84 valence electrons. The molecular weight excluding hydrogens is 270 g/mol. The van der Waals surface area contributed by atoms with Gasteiger partial charge in [0.25, 0.3) is 6.43 Å². The first kappa shape index (κ1) is 12.5. The first-order valence-electron chi connectivity index (χ1n) is 4.37. The van der Waals surface area contributed by atoms with E-state index in [0.29, 0.717) is 0 Å². The Kier molecular flexibility index (Phi) is 5.14. The van der Waals surface area contributed by atoms with Crippen molar-refractivity contribution in [1.82, 2.24) is 0 Å². The minimum atomic E-state index is -2.45. The van der Waals surface area contributed by atoms with Crippen LogP contribution in [0.2, 0.25) is 0 Å². The summed E-state index contributed by atoms with van der Waals surface area (Å²) in [6.45, 7) is -0.538. The average molecular weight is 281 g/mol. The highest BCUT2D eigenvalue weighted by Crippen LogP contribution is 2.19. The molecule has 1 aromatic carbocycles. The fourth-order valence-electron chi connectivity index (χ4n) is 1.10. The predicted octanol–water partition coefficient (Wildman–Crippen LogP) is 2.72. The fraction of sp³-hybridized carbons (Fsp3) is 0.400. The van der Waals surface area contributed by atoms with Crippen LogP contribution in [0.4, 0.5) is 8.78 Å². The molecule has 2 nitrogen and oxygen atoms in total. The van der Waals surface area contributed by atoms with Crippen molar-refractivity contribution in [2.24, 2.45) is 0 Å². The zero-order valence-electron chi connectivity index (χ0n) is 7.92. The zero-order chi connectivity index (χ0) is 11.3. The molecule has 0 amide bonds. The molecule has 0 saturated carbocycles. The molecule has 1 rings (SSSR count). The van der Waals surface area contributed by atoms with Crippen molar-refractivity contribution < 1.29 is 18.6 Å². The summed E-state index contributed by atoms with van der Waals surface area (Å²) in [6.07, 6.45) is -2.45. The Bertz CT molecular complexity index is 318. The molecular formula is C10H11BrF2O2. The van der Waals surface area contributed by atoms with Crippen molar-refractivity contribution in [1.29, 1.82) is 0 Å². The minimum absolute atomic E-state index is 0.0743. The standard InChI is InChI=1S/C10H11BrF2O2/c11-9-2-1-7(4-14)3-8(9)5-15-6-10(12)13/h1-3,10,14H,4-6H2. The monoisotopic (exact) mass is 280 g/mol. The Morgan fingerprint density at radius 3 is 2.73 bits per heavy atom. The molecule has 0 spiro atoms. The third kappa shape index (κ3) is 4.24. The molecule has 0 aromatic heterocycles. The maximum atomic E-state index is 11.8. The molecule has 0 bridgehead atoms. The van der Waals surface area contributed by atoms with Gasteiger partial charge in [0.15, 0.2) is 0 Å². The predicted molar refractivity (Wildman–Crippen MR) is 55.7 cm³/mol. The van der Waals surface area contributed by atoms with Crippen molar-refractivity contribution in [3.05, 3.63) is 33.8 Å². The number of aliphatic hydroxyl groups is 1. The van der Waals surface area contributed by atoms with E-state index in [4.69, 9.17) is 9.84 Å². The largest absolute Gasteiger partial charge is 0.392 e. The van der Waals surface area contributed by atoms with Crippen LogP contribution in [0.25, 0.3) is 0 Å². The van der Waals surface area contributed by atoms with Gasteiger partial charge >= 0.3 is 0 Å². The Balaban J connectivity index is 2.59. The Morgan fingerprint density at radius 2 is 2.13 bits per heavy atom. The van der Waals surface area contributed by atoms with Crippen LogP contribution in [0.1, 0.15) is 11.1 Å². The number of ether oxygens (including phenoxy) is 1. The molecule has 0 fully saturated rings. The molecule has 0 saturated heterocycles. The lowest BCUT2D eigenvalue weighted by Crippen LogP contribution is -2.04. The van der Waals surface area contributed by atoms with Crippen molar-refractivity contribution in [3.8, 4) is 0 Å². The van der Waals surface area contributed by atoms with E-state index in [0.717, 1.165) is 15.6 Å². The van der Waals surface area contributed by atoms with Gasteiger partial charge in [-0.2, -0.15) is 0 Å². The zero-order valence-corrected chi connectivity index (χ0v) is 9.51. The third-order valence-corrected chi connectivity index (χ3v) is 2.57. The van der Waals surface area contributed by atoms with E-state index in [-0.39, 0.29) is 13.2 Å². The van der Waals surface area contributed by atoms with E-state index in [1.165, 1.54) is 0 Å². The number of hydrogen-bond acceptors (Lipinski definition) is 2. The first-order valence-corrected chi connectivity index (χ1v) is 5.17. The van der Waals surface area contributed by atoms with Gasteiger partial charge in [-0.15, -0.1) is 0 Å². The molecule has 0 aliphatic heterocycles. The molecule has 0 aliphatic carbocycles. The minimum Gasteiger partial charge on any atom is -0.392 e. The van der Waals surface area contributed by atoms with Gasteiger partial charge in [-0.3, -0.25) is 0 Å². The van der Waals surface area contributed by atoms with Crippen LogP contribution >= 0.6 is 15.9 Å². The third-order valence-electron chi connectivity index (χ3n) is 1.79. The molecule has 0 heterocycles. The van der Waals surface area contributed by atoms with Crippen LogP contribution in [0.5, 0.6) is 0 Å². The summed E-state index contributed by atoms with van der Waals surface area (Å²) < 4.78 is 29.2. The summed E-state index contributed by atoms with van der Waals surface area (Å²) in [4.78, 5) is 0. The molecule has 5 heteroatoms. The van der Waals surface area contributed by atoms with Crippen LogP contribution in [-0.2, 0) is 18.0 Å². The summed E-state index contributed by atoms with van der Waals surface area (Å²) in [5.74, 6) is 0. The van der Waals surface area contributed by atoms with Crippen molar-refractivity contribution >= 4 is 15.9 Å². The molecule has 1 aromatic rings. The van der Waals surface area contributed by atoms with Gasteiger partial charge < -0.3 is 9.84 Å². The van der Waals surface area contributed by atoms with E-state index in [2.05, 4.69) is 15.9 Å². The van der Waals surface area contributed by atoms with Crippen molar-refractivity contribution in [2.45, 2.75) is 19.6 Å². The smallest absolute Gasteiger partial charge is 0.261 e. The maximum absolute atomic E-state index is 11.8. The summed E-state index contributed by atoms with van der Waals surface area (Å²) >= 11 is 3.28. The first-order chi connectivity index (χ1) is 7.13. The summed E-state index contributed by atoms with van der Waals surface area (Å²) in [5, 5.41) is 8.89. The number of aliphatic hydroxyl groups excluding tert-OH is 1. The highest BCUT2D eigenvalue weighted by atomic mass is 79.9. The normalized spacial score (nSPS) is 11.0. The van der Waals surface area contributed by atoms with Crippen LogP contribution in [0.15, 0.2) is 22.7 Å². The molecule has 0 radical (unpaired) electrons. The molecule has 1 N–H and O–H groups in total. The fourth-order valence-corrected chi connectivity index (χ4v) is 1.46. The second kappa shape index (κ2) is 6.15. The van der Waals surface area contributed by atoms with Gasteiger partial charge in [-0.1, -0.05) is 28.1 Å². The number of halogens is 3. The van der Waals surface area contributed by atoms with Crippen LogP contribution in [0, 0.1) is 0 Å². The number of hydrogen-bond donors (Lipinski definition) is 1.